The van der Waals surface area contributed by atoms with Gasteiger partial charge in [-0.05, 0) is 26.3 Å². The molecule has 1 aliphatic heterocycles. The molecular formula is C11H21N3O. The minimum absolute atomic E-state index is 0.205. The van der Waals surface area contributed by atoms with Gasteiger partial charge < -0.3 is 15.5 Å². The maximum atomic E-state index is 10.9. The van der Waals surface area contributed by atoms with E-state index in [2.05, 4.69) is 22.6 Å². The van der Waals surface area contributed by atoms with Gasteiger partial charge in [-0.2, -0.15) is 0 Å². The Morgan fingerprint density at radius 1 is 1.47 bits per heavy atom. The molecule has 0 spiro atoms. The summed E-state index contributed by atoms with van der Waals surface area (Å²) in [4.78, 5) is 13.4. The lowest BCUT2D eigenvalue weighted by atomic mass is 10.2. The standard InChI is InChI=1S/C11H21N3O/c1-14(10-3-4-10)7-6-12-8-9-2-5-11(15)13-9/h9-10,12H,2-8H2,1H3,(H,13,15). The summed E-state index contributed by atoms with van der Waals surface area (Å²) in [5, 5.41) is 6.37. The first-order chi connectivity index (χ1) is 7.25. The lowest BCUT2D eigenvalue weighted by Crippen LogP contribution is -2.38. The number of carbonyl (C=O) groups excluding carboxylic acids is 1. The second kappa shape index (κ2) is 4.94. The normalized spacial score (nSPS) is 26.0. The quantitative estimate of drug-likeness (QED) is 0.605. The van der Waals surface area contributed by atoms with Crippen molar-refractivity contribution < 1.29 is 4.79 Å². The molecule has 1 heterocycles. The molecule has 86 valence electrons. The molecule has 4 nitrogen and oxygen atoms in total. The van der Waals surface area contributed by atoms with Crippen LogP contribution in [0.15, 0.2) is 0 Å². The molecular weight excluding hydrogens is 190 g/mol. The van der Waals surface area contributed by atoms with E-state index in [1.165, 1.54) is 12.8 Å². The third-order valence-corrected chi connectivity index (χ3v) is 3.29. The summed E-state index contributed by atoms with van der Waals surface area (Å²) < 4.78 is 0. The Bertz CT molecular complexity index is 228. The van der Waals surface area contributed by atoms with Gasteiger partial charge in [-0.3, -0.25) is 4.79 Å². The van der Waals surface area contributed by atoms with Gasteiger partial charge in [0.25, 0.3) is 0 Å². The fraction of sp³-hybridized carbons (Fsp3) is 0.909. The van der Waals surface area contributed by atoms with Crippen LogP contribution in [0.4, 0.5) is 0 Å². The van der Waals surface area contributed by atoms with Crippen LogP contribution in [0.3, 0.4) is 0 Å². The third-order valence-electron chi connectivity index (χ3n) is 3.29. The number of rotatable bonds is 6. The van der Waals surface area contributed by atoms with Gasteiger partial charge in [0.15, 0.2) is 0 Å². The average molecular weight is 211 g/mol. The van der Waals surface area contributed by atoms with Crippen LogP contribution in [0.5, 0.6) is 0 Å². The van der Waals surface area contributed by atoms with Gasteiger partial charge in [-0.25, -0.2) is 0 Å². The smallest absolute Gasteiger partial charge is 0.220 e. The Kier molecular flexibility index (Phi) is 3.59. The number of carbonyl (C=O) groups is 1. The van der Waals surface area contributed by atoms with Crippen molar-refractivity contribution in [3.05, 3.63) is 0 Å². The first-order valence-electron chi connectivity index (χ1n) is 5.96. The Morgan fingerprint density at radius 2 is 2.27 bits per heavy atom. The molecule has 1 amide bonds. The summed E-state index contributed by atoms with van der Waals surface area (Å²) >= 11 is 0. The largest absolute Gasteiger partial charge is 0.352 e. The lowest BCUT2D eigenvalue weighted by Gasteiger charge is -2.17. The van der Waals surface area contributed by atoms with E-state index >= 15 is 0 Å². The van der Waals surface area contributed by atoms with Gasteiger partial charge in [0.1, 0.15) is 0 Å². The SMILES string of the molecule is CN(CCNCC1CCC(=O)N1)C1CC1. The molecule has 2 rings (SSSR count). The monoisotopic (exact) mass is 211 g/mol. The van der Waals surface area contributed by atoms with Crippen molar-refractivity contribution in [1.29, 1.82) is 0 Å². The van der Waals surface area contributed by atoms with Gasteiger partial charge >= 0.3 is 0 Å². The molecule has 0 aromatic carbocycles. The molecule has 1 atom stereocenters. The second-order valence-electron chi connectivity index (χ2n) is 4.72. The fourth-order valence-corrected chi connectivity index (χ4v) is 2.06. The molecule has 0 aromatic rings. The van der Waals surface area contributed by atoms with Gasteiger partial charge in [0.05, 0.1) is 0 Å². The minimum atomic E-state index is 0.205. The Morgan fingerprint density at radius 3 is 2.87 bits per heavy atom. The molecule has 1 saturated carbocycles. The number of amides is 1. The topological polar surface area (TPSA) is 44.4 Å². The molecule has 15 heavy (non-hydrogen) atoms. The molecule has 4 heteroatoms. The zero-order valence-corrected chi connectivity index (χ0v) is 9.46. The molecule has 2 fully saturated rings. The molecule has 1 aliphatic carbocycles. The van der Waals surface area contributed by atoms with Crippen LogP contribution in [-0.4, -0.2) is 49.6 Å². The fourth-order valence-electron chi connectivity index (χ4n) is 2.06. The van der Waals surface area contributed by atoms with Crippen LogP contribution >= 0.6 is 0 Å². The molecule has 0 bridgehead atoms. The number of hydrogen-bond acceptors (Lipinski definition) is 3. The summed E-state index contributed by atoms with van der Waals surface area (Å²) in [7, 11) is 2.19. The Balaban J connectivity index is 1.49. The average Bonchev–Trinajstić information content (AvgIpc) is 2.98. The van der Waals surface area contributed by atoms with Gasteiger partial charge in [0.2, 0.25) is 5.91 Å². The maximum Gasteiger partial charge on any atom is 0.220 e. The van der Waals surface area contributed by atoms with E-state index in [0.717, 1.165) is 32.1 Å². The van der Waals surface area contributed by atoms with Crippen LogP contribution in [-0.2, 0) is 4.79 Å². The summed E-state index contributed by atoms with van der Waals surface area (Å²) in [5.41, 5.74) is 0. The van der Waals surface area contributed by atoms with Crippen LogP contribution in [0, 0.1) is 0 Å². The predicted molar refractivity (Wildman–Crippen MR) is 59.7 cm³/mol. The van der Waals surface area contributed by atoms with Crippen molar-refractivity contribution in [3.63, 3.8) is 0 Å². The van der Waals surface area contributed by atoms with Crippen molar-refractivity contribution >= 4 is 5.91 Å². The number of hydrogen-bond donors (Lipinski definition) is 2. The molecule has 1 saturated heterocycles. The Labute approximate surface area is 91.4 Å². The first-order valence-corrected chi connectivity index (χ1v) is 5.96. The number of likely N-dealkylation sites (N-methyl/N-ethyl adjacent to an activating group) is 1. The van der Waals surface area contributed by atoms with Crippen molar-refractivity contribution in [2.24, 2.45) is 0 Å². The van der Waals surface area contributed by atoms with Crippen LogP contribution in [0.1, 0.15) is 25.7 Å². The van der Waals surface area contributed by atoms with E-state index in [1.807, 2.05) is 0 Å². The summed E-state index contributed by atoms with van der Waals surface area (Å²) in [6.07, 6.45) is 4.43. The van der Waals surface area contributed by atoms with E-state index in [9.17, 15) is 4.79 Å². The van der Waals surface area contributed by atoms with Crippen molar-refractivity contribution in [2.75, 3.05) is 26.7 Å². The number of nitrogens with zero attached hydrogens (tertiary/aromatic N) is 1. The highest BCUT2D eigenvalue weighted by Gasteiger charge is 2.25. The molecule has 2 N–H and O–H groups in total. The second-order valence-corrected chi connectivity index (χ2v) is 4.72. The maximum absolute atomic E-state index is 10.9. The van der Waals surface area contributed by atoms with E-state index in [1.54, 1.807) is 0 Å². The number of nitrogens with one attached hydrogen (secondary N) is 2. The first kappa shape index (κ1) is 10.9. The van der Waals surface area contributed by atoms with E-state index in [-0.39, 0.29) is 5.91 Å². The summed E-state index contributed by atoms with van der Waals surface area (Å²) in [6, 6.07) is 1.21. The third kappa shape index (κ3) is 3.47. The van der Waals surface area contributed by atoms with Gasteiger partial charge in [-0.15, -0.1) is 0 Å². The van der Waals surface area contributed by atoms with Gasteiger partial charge in [-0.1, -0.05) is 0 Å². The van der Waals surface area contributed by atoms with E-state index < -0.39 is 0 Å². The van der Waals surface area contributed by atoms with Crippen molar-refractivity contribution in [2.45, 2.75) is 37.8 Å². The molecule has 1 unspecified atom stereocenters. The van der Waals surface area contributed by atoms with Crippen molar-refractivity contribution in [1.82, 2.24) is 15.5 Å². The highest BCUT2D eigenvalue weighted by Crippen LogP contribution is 2.24. The summed E-state index contributed by atoms with van der Waals surface area (Å²) in [5.74, 6) is 0.205. The molecule has 0 aromatic heterocycles. The zero-order chi connectivity index (χ0) is 10.7. The molecule has 0 radical (unpaired) electrons. The highest BCUT2D eigenvalue weighted by atomic mass is 16.1. The van der Waals surface area contributed by atoms with Gasteiger partial charge in [0, 0.05) is 38.1 Å². The summed E-state index contributed by atoms with van der Waals surface area (Å²) in [6.45, 7) is 3.06. The highest BCUT2D eigenvalue weighted by molar-refractivity contribution is 5.78. The van der Waals surface area contributed by atoms with Crippen LogP contribution in [0.2, 0.25) is 0 Å². The predicted octanol–water partition coefficient (Wildman–Crippen LogP) is -0.0512. The minimum Gasteiger partial charge on any atom is -0.352 e. The van der Waals surface area contributed by atoms with E-state index in [4.69, 9.17) is 0 Å². The zero-order valence-electron chi connectivity index (χ0n) is 9.46. The Hall–Kier alpha value is -0.610. The lowest BCUT2D eigenvalue weighted by molar-refractivity contribution is -0.119. The van der Waals surface area contributed by atoms with Crippen molar-refractivity contribution in [3.8, 4) is 0 Å². The van der Waals surface area contributed by atoms with E-state index in [0.29, 0.717) is 12.5 Å². The van der Waals surface area contributed by atoms with Crippen LogP contribution < -0.4 is 10.6 Å². The molecule has 2 aliphatic rings. The van der Waals surface area contributed by atoms with Crippen LogP contribution in [0.25, 0.3) is 0 Å².